The molecule has 0 spiro atoms. The summed E-state index contributed by atoms with van der Waals surface area (Å²) >= 11 is 0. The van der Waals surface area contributed by atoms with Gasteiger partial charge in [-0.1, -0.05) is 37.3 Å². The number of hydrogen-bond donors (Lipinski definition) is 0. The Hall–Kier alpha value is -1.90. The molecule has 1 aromatic heterocycles. The van der Waals surface area contributed by atoms with Gasteiger partial charge < -0.3 is 4.90 Å². The third kappa shape index (κ3) is 3.03. The van der Waals surface area contributed by atoms with Crippen LogP contribution in [0.3, 0.4) is 0 Å². The summed E-state index contributed by atoms with van der Waals surface area (Å²) in [6, 6.07) is 12.4. The van der Waals surface area contributed by atoms with Crippen LogP contribution in [0.15, 0.2) is 42.7 Å². The second-order valence-electron chi connectivity index (χ2n) is 4.06. The topological polar surface area (TPSA) is 29.0 Å². The molecule has 0 aliphatic carbocycles. The summed E-state index contributed by atoms with van der Waals surface area (Å²) in [5, 5.41) is 0. The number of anilines is 1. The lowest BCUT2D eigenvalue weighted by Gasteiger charge is -2.18. The van der Waals surface area contributed by atoms with Gasteiger partial charge in [-0.05, 0) is 12.0 Å². The maximum absolute atomic E-state index is 4.30. The highest BCUT2D eigenvalue weighted by atomic mass is 15.2. The van der Waals surface area contributed by atoms with Crippen molar-refractivity contribution in [2.75, 3.05) is 11.9 Å². The van der Waals surface area contributed by atoms with Crippen molar-refractivity contribution in [3.63, 3.8) is 0 Å². The summed E-state index contributed by atoms with van der Waals surface area (Å²) in [6.45, 7) is 2.96. The van der Waals surface area contributed by atoms with Crippen molar-refractivity contribution in [3.8, 4) is 0 Å². The molecule has 3 heteroatoms. The zero-order valence-electron chi connectivity index (χ0n) is 10.3. The maximum Gasteiger partial charge on any atom is 0.132 e. The molecule has 17 heavy (non-hydrogen) atoms. The van der Waals surface area contributed by atoms with Crippen LogP contribution in [-0.2, 0) is 13.0 Å². The van der Waals surface area contributed by atoms with E-state index in [1.807, 2.05) is 12.1 Å². The number of benzene rings is 1. The maximum atomic E-state index is 4.30. The molecule has 88 valence electrons. The zero-order valence-corrected chi connectivity index (χ0v) is 10.3. The van der Waals surface area contributed by atoms with Crippen molar-refractivity contribution < 1.29 is 0 Å². The average molecular weight is 227 g/mol. The summed E-state index contributed by atoms with van der Waals surface area (Å²) in [5.74, 6) is 0.973. The lowest BCUT2D eigenvalue weighted by molar-refractivity contribution is 0.878. The van der Waals surface area contributed by atoms with E-state index in [2.05, 4.69) is 53.1 Å². The van der Waals surface area contributed by atoms with E-state index < -0.39 is 0 Å². The highest BCUT2D eigenvalue weighted by Gasteiger charge is 2.04. The first-order chi connectivity index (χ1) is 8.29. The Morgan fingerprint density at radius 3 is 2.59 bits per heavy atom. The highest BCUT2D eigenvalue weighted by molar-refractivity contribution is 5.39. The quantitative estimate of drug-likeness (QED) is 0.804. The SMILES string of the molecule is CCc1cc(N(C)Cc2ccccc2)ncn1. The smallest absolute Gasteiger partial charge is 0.132 e. The average Bonchev–Trinajstić information content (AvgIpc) is 2.40. The van der Waals surface area contributed by atoms with Gasteiger partial charge in [0.25, 0.3) is 0 Å². The van der Waals surface area contributed by atoms with Crippen LogP contribution in [-0.4, -0.2) is 17.0 Å². The fourth-order valence-corrected chi connectivity index (χ4v) is 1.73. The van der Waals surface area contributed by atoms with E-state index in [0.29, 0.717) is 0 Å². The zero-order chi connectivity index (χ0) is 12.1. The van der Waals surface area contributed by atoms with Gasteiger partial charge in [0.2, 0.25) is 0 Å². The third-order valence-electron chi connectivity index (χ3n) is 2.73. The lowest BCUT2D eigenvalue weighted by Crippen LogP contribution is -2.18. The molecule has 0 saturated heterocycles. The summed E-state index contributed by atoms with van der Waals surface area (Å²) in [7, 11) is 2.05. The van der Waals surface area contributed by atoms with E-state index in [9.17, 15) is 0 Å². The van der Waals surface area contributed by atoms with Gasteiger partial charge in [0.15, 0.2) is 0 Å². The molecule has 0 unspecified atom stereocenters. The van der Waals surface area contributed by atoms with Crippen LogP contribution in [0.4, 0.5) is 5.82 Å². The van der Waals surface area contributed by atoms with Gasteiger partial charge in [0.1, 0.15) is 12.1 Å². The van der Waals surface area contributed by atoms with Gasteiger partial charge in [0, 0.05) is 25.4 Å². The van der Waals surface area contributed by atoms with Crippen molar-refractivity contribution in [2.24, 2.45) is 0 Å². The minimum atomic E-state index is 0.862. The normalized spacial score (nSPS) is 10.2. The third-order valence-corrected chi connectivity index (χ3v) is 2.73. The van der Waals surface area contributed by atoms with Crippen LogP contribution in [0.25, 0.3) is 0 Å². The summed E-state index contributed by atoms with van der Waals surface area (Å²) < 4.78 is 0. The van der Waals surface area contributed by atoms with Gasteiger partial charge in [-0.25, -0.2) is 9.97 Å². The standard InChI is InChI=1S/C14H17N3/c1-3-13-9-14(16-11-15-13)17(2)10-12-7-5-4-6-8-12/h4-9,11H,3,10H2,1-2H3. The molecule has 1 aromatic carbocycles. The number of aryl methyl sites for hydroxylation is 1. The van der Waals surface area contributed by atoms with Gasteiger partial charge in [-0.2, -0.15) is 0 Å². The molecule has 0 bridgehead atoms. The van der Waals surface area contributed by atoms with E-state index in [1.165, 1.54) is 5.56 Å². The molecular weight excluding hydrogens is 210 g/mol. The van der Waals surface area contributed by atoms with Crippen molar-refractivity contribution in [1.29, 1.82) is 0 Å². The summed E-state index contributed by atoms with van der Waals surface area (Å²) in [5.41, 5.74) is 2.36. The number of rotatable bonds is 4. The van der Waals surface area contributed by atoms with Gasteiger partial charge in [-0.15, -0.1) is 0 Å². The fourth-order valence-electron chi connectivity index (χ4n) is 1.73. The van der Waals surface area contributed by atoms with Crippen LogP contribution in [0.1, 0.15) is 18.2 Å². The van der Waals surface area contributed by atoms with Crippen molar-refractivity contribution in [3.05, 3.63) is 54.0 Å². The molecule has 0 radical (unpaired) electrons. The minimum absolute atomic E-state index is 0.862. The first-order valence-corrected chi connectivity index (χ1v) is 5.85. The highest BCUT2D eigenvalue weighted by Crippen LogP contribution is 2.12. The number of hydrogen-bond acceptors (Lipinski definition) is 3. The van der Waals surface area contributed by atoms with Gasteiger partial charge in [-0.3, -0.25) is 0 Å². The molecule has 0 atom stereocenters. The molecule has 2 aromatic rings. The Kier molecular flexibility index (Phi) is 3.70. The van der Waals surface area contributed by atoms with Crippen LogP contribution in [0.2, 0.25) is 0 Å². The summed E-state index contributed by atoms with van der Waals surface area (Å²) in [4.78, 5) is 10.6. The van der Waals surface area contributed by atoms with Gasteiger partial charge in [0.05, 0.1) is 0 Å². The molecule has 0 aliphatic rings. The second-order valence-corrected chi connectivity index (χ2v) is 4.06. The molecule has 0 aliphatic heterocycles. The Morgan fingerprint density at radius 1 is 1.12 bits per heavy atom. The van der Waals surface area contributed by atoms with Crippen molar-refractivity contribution in [1.82, 2.24) is 9.97 Å². The predicted octanol–water partition coefficient (Wildman–Crippen LogP) is 2.68. The Balaban J connectivity index is 2.11. The van der Waals surface area contributed by atoms with E-state index in [0.717, 1.165) is 24.5 Å². The fraction of sp³-hybridized carbons (Fsp3) is 0.286. The molecule has 0 fully saturated rings. The molecule has 2 rings (SSSR count). The summed E-state index contributed by atoms with van der Waals surface area (Å²) in [6.07, 6.45) is 2.57. The monoisotopic (exact) mass is 227 g/mol. The molecule has 0 amide bonds. The number of nitrogens with zero attached hydrogens (tertiary/aromatic N) is 3. The van der Waals surface area contributed by atoms with Gasteiger partial charge >= 0.3 is 0 Å². The molecule has 0 saturated carbocycles. The Morgan fingerprint density at radius 2 is 1.88 bits per heavy atom. The van der Waals surface area contributed by atoms with Crippen molar-refractivity contribution in [2.45, 2.75) is 19.9 Å². The molecule has 3 nitrogen and oxygen atoms in total. The predicted molar refractivity (Wildman–Crippen MR) is 70.0 cm³/mol. The Labute approximate surface area is 102 Å². The lowest BCUT2D eigenvalue weighted by atomic mass is 10.2. The number of aromatic nitrogens is 2. The van der Waals surface area contributed by atoms with E-state index in [4.69, 9.17) is 0 Å². The van der Waals surface area contributed by atoms with Crippen LogP contribution in [0, 0.1) is 0 Å². The van der Waals surface area contributed by atoms with E-state index >= 15 is 0 Å². The van der Waals surface area contributed by atoms with E-state index in [-0.39, 0.29) is 0 Å². The second kappa shape index (κ2) is 5.43. The molecule has 0 N–H and O–H groups in total. The first kappa shape index (κ1) is 11.6. The first-order valence-electron chi connectivity index (χ1n) is 5.85. The van der Waals surface area contributed by atoms with Crippen LogP contribution in [0.5, 0.6) is 0 Å². The minimum Gasteiger partial charge on any atom is -0.355 e. The largest absolute Gasteiger partial charge is 0.355 e. The van der Waals surface area contributed by atoms with Crippen LogP contribution >= 0.6 is 0 Å². The van der Waals surface area contributed by atoms with Crippen LogP contribution < -0.4 is 4.90 Å². The molecular formula is C14H17N3. The van der Waals surface area contributed by atoms with Crippen molar-refractivity contribution >= 4 is 5.82 Å². The molecule has 1 heterocycles. The van der Waals surface area contributed by atoms with E-state index in [1.54, 1.807) is 6.33 Å². The Bertz CT molecular complexity index is 468.